The molecule has 0 spiro atoms. The topological polar surface area (TPSA) is 12.9 Å². The van der Waals surface area contributed by atoms with Crippen molar-refractivity contribution in [2.75, 3.05) is 0 Å². The van der Waals surface area contributed by atoms with Gasteiger partial charge in [0.15, 0.2) is 11.6 Å². The maximum Gasteiger partial charge on any atom is 0.159 e. The molecule has 120 valence electrons. The van der Waals surface area contributed by atoms with Crippen molar-refractivity contribution < 1.29 is 8.78 Å². The number of aromatic nitrogens is 1. The lowest BCUT2D eigenvalue weighted by Gasteiger charge is -2.28. The zero-order chi connectivity index (χ0) is 16.2. The van der Waals surface area contributed by atoms with Crippen molar-refractivity contribution in [1.29, 1.82) is 0 Å². The van der Waals surface area contributed by atoms with E-state index in [-0.39, 0.29) is 0 Å². The van der Waals surface area contributed by atoms with Gasteiger partial charge in [0, 0.05) is 11.8 Å². The zero-order valence-corrected chi connectivity index (χ0v) is 13.1. The highest BCUT2D eigenvalue weighted by Crippen LogP contribution is 2.37. The fourth-order valence-electron chi connectivity index (χ4n) is 3.44. The molecule has 1 aliphatic rings. The van der Waals surface area contributed by atoms with Gasteiger partial charge in [-0.15, -0.1) is 6.58 Å². The minimum Gasteiger partial charge on any atom is -0.256 e. The third-order valence-corrected chi connectivity index (χ3v) is 4.82. The van der Waals surface area contributed by atoms with Crippen LogP contribution in [0.4, 0.5) is 8.78 Å². The molecule has 3 heteroatoms. The molecule has 0 bridgehead atoms. The number of hydrogen-bond acceptors (Lipinski definition) is 1. The number of benzene rings is 1. The number of nitrogens with zero attached hydrogens (tertiary/aromatic N) is 1. The molecule has 0 amide bonds. The standard InChI is InChI=1S/C20H21F2N/c1-2-3-14-4-6-15(7-5-14)17-9-11-20(23-13-17)16-8-10-18(21)19(22)12-16/h2,8-15H,1,3-7H2. The van der Waals surface area contributed by atoms with E-state index < -0.39 is 11.6 Å². The van der Waals surface area contributed by atoms with Crippen LogP contribution in [0.2, 0.25) is 0 Å². The highest BCUT2D eigenvalue weighted by molar-refractivity contribution is 5.59. The molecule has 1 heterocycles. The second kappa shape index (κ2) is 7.03. The summed E-state index contributed by atoms with van der Waals surface area (Å²) in [5.41, 5.74) is 2.52. The van der Waals surface area contributed by atoms with Gasteiger partial charge in [-0.1, -0.05) is 12.1 Å². The van der Waals surface area contributed by atoms with Crippen molar-refractivity contribution >= 4 is 0 Å². The van der Waals surface area contributed by atoms with Gasteiger partial charge in [0.1, 0.15) is 0 Å². The molecule has 23 heavy (non-hydrogen) atoms. The minimum absolute atomic E-state index is 0.558. The smallest absolute Gasteiger partial charge is 0.159 e. The van der Waals surface area contributed by atoms with Gasteiger partial charge in [-0.25, -0.2) is 8.78 Å². The molecule has 0 atom stereocenters. The lowest BCUT2D eigenvalue weighted by molar-refractivity contribution is 0.328. The molecule has 0 unspecified atom stereocenters. The van der Waals surface area contributed by atoms with Crippen molar-refractivity contribution in [3.8, 4) is 11.3 Å². The number of halogens is 2. The summed E-state index contributed by atoms with van der Waals surface area (Å²) in [5.74, 6) is -0.337. The van der Waals surface area contributed by atoms with E-state index in [1.54, 1.807) is 6.07 Å². The van der Waals surface area contributed by atoms with Crippen LogP contribution in [0.5, 0.6) is 0 Å². The van der Waals surface area contributed by atoms with E-state index in [0.717, 1.165) is 18.4 Å². The number of allylic oxidation sites excluding steroid dienone is 1. The van der Waals surface area contributed by atoms with Gasteiger partial charge in [0.25, 0.3) is 0 Å². The van der Waals surface area contributed by atoms with Crippen LogP contribution >= 0.6 is 0 Å². The van der Waals surface area contributed by atoms with Crippen molar-refractivity contribution in [1.82, 2.24) is 4.98 Å². The predicted molar refractivity (Wildman–Crippen MR) is 89.1 cm³/mol. The van der Waals surface area contributed by atoms with Crippen LogP contribution in [0.1, 0.15) is 43.6 Å². The Kier molecular flexibility index (Phi) is 4.85. The fraction of sp³-hybridized carbons (Fsp3) is 0.350. The first-order chi connectivity index (χ1) is 11.2. The lowest BCUT2D eigenvalue weighted by Crippen LogP contribution is -2.13. The normalized spacial score (nSPS) is 21.1. The van der Waals surface area contributed by atoms with Gasteiger partial charge >= 0.3 is 0 Å². The molecule has 0 radical (unpaired) electrons. The van der Waals surface area contributed by atoms with Crippen LogP contribution < -0.4 is 0 Å². The monoisotopic (exact) mass is 313 g/mol. The second-order valence-corrected chi connectivity index (χ2v) is 6.35. The van der Waals surface area contributed by atoms with Crippen molar-refractivity contribution in [3.05, 3.63) is 66.4 Å². The molecule has 1 aromatic heterocycles. The molecule has 2 aromatic rings. The average Bonchev–Trinajstić information content (AvgIpc) is 2.59. The maximum atomic E-state index is 13.3. The number of pyridine rings is 1. The molecule has 3 rings (SSSR count). The van der Waals surface area contributed by atoms with Gasteiger partial charge in [0.05, 0.1) is 5.69 Å². The van der Waals surface area contributed by atoms with Crippen LogP contribution in [0.3, 0.4) is 0 Å². The Morgan fingerprint density at radius 1 is 1.04 bits per heavy atom. The Morgan fingerprint density at radius 3 is 2.43 bits per heavy atom. The molecule has 0 N–H and O–H groups in total. The molecule has 1 saturated carbocycles. The van der Waals surface area contributed by atoms with Gasteiger partial charge in [-0.05, 0) is 73.8 Å². The van der Waals surface area contributed by atoms with Crippen molar-refractivity contribution in [2.45, 2.75) is 38.0 Å². The summed E-state index contributed by atoms with van der Waals surface area (Å²) in [6, 6.07) is 7.86. The quantitative estimate of drug-likeness (QED) is 0.643. The fourth-order valence-corrected chi connectivity index (χ4v) is 3.44. The number of hydrogen-bond donors (Lipinski definition) is 0. The van der Waals surface area contributed by atoms with E-state index in [1.807, 2.05) is 18.3 Å². The van der Waals surface area contributed by atoms with Crippen LogP contribution in [-0.2, 0) is 0 Å². The summed E-state index contributed by atoms with van der Waals surface area (Å²) >= 11 is 0. The molecule has 1 aromatic carbocycles. The molecular formula is C20H21F2N. The van der Waals surface area contributed by atoms with Crippen LogP contribution in [0.25, 0.3) is 11.3 Å². The third-order valence-electron chi connectivity index (χ3n) is 4.82. The largest absolute Gasteiger partial charge is 0.256 e. The van der Waals surface area contributed by atoms with Crippen LogP contribution in [0, 0.1) is 17.6 Å². The van der Waals surface area contributed by atoms with Crippen LogP contribution in [0.15, 0.2) is 49.2 Å². The first-order valence-electron chi connectivity index (χ1n) is 8.19. The van der Waals surface area contributed by atoms with E-state index in [2.05, 4.69) is 17.6 Å². The maximum absolute atomic E-state index is 13.3. The molecular weight excluding hydrogens is 292 g/mol. The summed E-state index contributed by atoms with van der Waals surface area (Å²) in [6.45, 7) is 3.82. The highest BCUT2D eigenvalue weighted by atomic mass is 19.2. The van der Waals surface area contributed by atoms with Gasteiger partial charge in [-0.3, -0.25) is 4.98 Å². The molecule has 1 aliphatic carbocycles. The van der Waals surface area contributed by atoms with E-state index in [9.17, 15) is 8.78 Å². The van der Waals surface area contributed by atoms with Crippen molar-refractivity contribution in [3.63, 3.8) is 0 Å². The van der Waals surface area contributed by atoms with Gasteiger partial charge < -0.3 is 0 Å². The molecule has 1 fully saturated rings. The van der Waals surface area contributed by atoms with Gasteiger partial charge in [-0.2, -0.15) is 0 Å². The summed E-state index contributed by atoms with van der Waals surface area (Å²) in [5, 5.41) is 0. The summed E-state index contributed by atoms with van der Waals surface area (Å²) in [6.07, 6.45) is 9.86. The third kappa shape index (κ3) is 3.66. The van der Waals surface area contributed by atoms with E-state index in [4.69, 9.17) is 0 Å². The Morgan fingerprint density at radius 2 is 1.83 bits per heavy atom. The Labute approximate surface area is 136 Å². The zero-order valence-electron chi connectivity index (χ0n) is 13.1. The van der Waals surface area contributed by atoms with Crippen molar-refractivity contribution in [2.24, 2.45) is 5.92 Å². The van der Waals surface area contributed by atoms with E-state index >= 15 is 0 Å². The number of rotatable bonds is 4. The Hall–Kier alpha value is -2.03. The summed E-state index contributed by atoms with van der Waals surface area (Å²) in [4.78, 5) is 4.44. The van der Waals surface area contributed by atoms with Crippen LogP contribution in [-0.4, -0.2) is 4.98 Å². The average molecular weight is 313 g/mol. The lowest BCUT2D eigenvalue weighted by atomic mass is 9.78. The first kappa shape index (κ1) is 15.9. The summed E-state index contributed by atoms with van der Waals surface area (Å²) < 4.78 is 26.3. The van der Waals surface area contributed by atoms with E-state index in [0.29, 0.717) is 17.2 Å². The molecule has 0 aliphatic heterocycles. The minimum atomic E-state index is -0.839. The second-order valence-electron chi connectivity index (χ2n) is 6.35. The molecule has 1 nitrogen and oxygen atoms in total. The highest BCUT2D eigenvalue weighted by Gasteiger charge is 2.21. The Balaban J connectivity index is 1.70. The Bertz CT molecular complexity index is 671. The first-order valence-corrected chi connectivity index (χ1v) is 8.19. The SMILES string of the molecule is C=CCC1CCC(c2ccc(-c3ccc(F)c(F)c3)nc2)CC1. The van der Waals surface area contributed by atoms with Gasteiger partial charge in [0.2, 0.25) is 0 Å². The van der Waals surface area contributed by atoms with E-state index in [1.165, 1.54) is 37.3 Å². The summed E-state index contributed by atoms with van der Waals surface area (Å²) in [7, 11) is 0. The predicted octanol–water partition coefficient (Wildman–Crippen LogP) is 5.88. The molecule has 0 saturated heterocycles.